The lowest BCUT2D eigenvalue weighted by Gasteiger charge is -2.27. The molecule has 0 unspecified atom stereocenters. The lowest BCUT2D eigenvalue weighted by molar-refractivity contribution is 0.198. The van der Waals surface area contributed by atoms with Crippen molar-refractivity contribution in [3.8, 4) is 5.75 Å². The van der Waals surface area contributed by atoms with Crippen LogP contribution < -0.4 is 4.74 Å². The molecule has 36 heavy (non-hydrogen) atoms. The molecule has 0 amide bonds. The molecular weight excluding hydrogens is 440 g/mol. The number of unbranched alkanes of at least 4 members (excludes halogenated alkanes) is 10. The summed E-state index contributed by atoms with van der Waals surface area (Å²) in [6.45, 7) is 5.38. The minimum absolute atomic E-state index is 0.519. The van der Waals surface area contributed by atoms with Gasteiger partial charge in [0.25, 0.3) is 0 Å². The molecule has 2 aromatic rings. The second-order valence-electron chi connectivity index (χ2n) is 11.2. The highest BCUT2D eigenvalue weighted by atomic mass is 16.5. The summed E-state index contributed by atoms with van der Waals surface area (Å²) in [5.41, 5.74) is 2.74. The summed E-state index contributed by atoms with van der Waals surface area (Å²) in [6.07, 6.45) is 27.5. The normalized spacial score (nSPS) is 17.8. The molecule has 0 spiro atoms. The molecule has 0 radical (unpaired) electrons. The van der Waals surface area contributed by atoms with Gasteiger partial charge >= 0.3 is 0 Å². The Morgan fingerprint density at radius 1 is 0.639 bits per heavy atom. The Labute approximate surface area is 221 Å². The van der Waals surface area contributed by atoms with E-state index < -0.39 is 0 Å². The van der Waals surface area contributed by atoms with Crippen molar-refractivity contribution in [2.24, 2.45) is 5.92 Å². The fraction of sp³-hybridized carbons (Fsp3) is 0.697. The molecular formula is C33H52N2O. The van der Waals surface area contributed by atoms with Crippen LogP contribution in [0, 0.1) is 5.92 Å². The zero-order valence-corrected chi connectivity index (χ0v) is 23.4. The molecule has 1 aliphatic rings. The predicted octanol–water partition coefficient (Wildman–Crippen LogP) is 9.64. The third-order valence-electron chi connectivity index (χ3n) is 7.98. The molecule has 1 heterocycles. The van der Waals surface area contributed by atoms with Gasteiger partial charge < -0.3 is 4.74 Å². The minimum Gasteiger partial charge on any atom is -0.493 e. The quantitative estimate of drug-likeness (QED) is 0.194. The first-order chi connectivity index (χ1) is 17.8. The SMILES string of the molecule is CCCCCCCCCCc1ccc(OC[C@H]2CC[C@H](c3ncc(CCCCCC)cn3)CC2)cc1. The van der Waals surface area contributed by atoms with Gasteiger partial charge in [-0.15, -0.1) is 0 Å². The Morgan fingerprint density at radius 3 is 1.78 bits per heavy atom. The van der Waals surface area contributed by atoms with Crippen LogP contribution in [-0.4, -0.2) is 16.6 Å². The van der Waals surface area contributed by atoms with Gasteiger partial charge in [-0.05, 0) is 80.5 Å². The number of ether oxygens (including phenoxy) is 1. The van der Waals surface area contributed by atoms with Gasteiger partial charge in [-0.1, -0.05) is 90.2 Å². The highest BCUT2D eigenvalue weighted by Crippen LogP contribution is 2.34. The molecule has 1 saturated carbocycles. The third-order valence-corrected chi connectivity index (χ3v) is 7.98. The molecule has 0 bridgehead atoms. The van der Waals surface area contributed by atoms with Crippen LogP contribution in [0.15, 0.2) is 36.7 Å². The lowest BCUT2D eigenvalue weighted by Crippen LogP contribution is -2.20. The monoisotopic (exact) mass is 492 g/mol. The van der Waals surface area contributed by atoms with E-state index in [1.54, 1.807) is 0 Å². The maximum Gasteiger partial charge on any atom is 0.131 e. The number of nitrogens with zero attached hydrogens (tertiary/aromatic N) is 2. The van der Waals surface area contributed by atoms with Crippen molar-refractivity contribution in [3.63, 3.8) is 0 Å². The molecule has 0 atom stereocenters. The molecule has 200 valence electrons. The van der Waals surface area contributed by atoms with Crippen LogP contribution in [0.5, 0.6) is 5.75 Å². The van der Waals surface area contributed by atoms with E-state index in [0.717, 1.165) is 24.6 Å². The van der Waals surface area contributed by atoms with E-state index in [2.05, 4.69) is 50.5 Å². The highest BCUT2D eigenvalue weighted by Gasteiger charge is 2.24. The first-order valence-corrected chi connectivity index (χ1v) is 15.3. The van der Waals surface area contributed by atoms with Crippen LogP contribution in [0.1, 0.15) is 139 Å². The summed E-state index contributed by atoms with van der Waals surface area (Å²) in [5.74, 6) is 3.25. The smallest absolute Gasteiger partial charge is 0.131 e. The van der Waals surface area contributed by atoms with Crippen LogP contribution in [0.2, 0.25) is 0 Å². The fourth-order valence-corrected chi connectivity index (χ4v) is 5.48. The van der Waals surface area contributed by atoms with E-state index in [1.165, 1.54) is 120 Å². The van der Waals surface area contributed by atoms with E-state index >= 15 is 0 Å². The standard InChI is InChI=1S/C33H52N2O/c1-3-5-7-9-10-11-12-14-15-28-19-23-32(24-20-28)36-27-29-17-21-31(22-18-29)33-34-25-30(26-35-33)16-13-8-6-4-2/h19-20,23-26,29,31H,3-18,21-22,27H2,1-2H3/t29-,31-. The van der Waals surface area contributed by atoms with Crippen molar-refractivity contribution in [1.29, 1.82) is 0 Å². The Bertz CT molecular complexity index is 793. The van der Waals surface area contributed by atoms with Crippen molar-refractivity contribution in [2.75, 3.05) is 6.61 Å². The zero-order chi connectivity index (χ0) is 25.3. The molecule has 1 aromatic heterocycles. The van der Waals surface area contributed by atoms with Crippen LogP contribution in [-0.2, 0) is 12.8 Å². The van der Waals surface area contributed by atoms with E-state index in [-0.39, 0.29) is 0 Å². The number of rotatable bonds is 18. The van der Waals surface area contributed by atoms with Crippen molar-refractivity contribution >= 4 is 0 Å². The van der Waals surface area contributed by atoms with Gasteiger partial charge in [0.05, 0.1) is 6.61 Å². The first-order valence-electron chi connectivity index (χ1n) is 15.3. The van der Waals surface area contributed by atoms with E-state index in [9.17, 15) is 0 Å². The summed E-state index contributed by atoms with van der Waals surface area (Å²) < 4.78 is 6.17. The maximum absolute atomic E-state index is 6.17. The van der Waals surface area contributed by atoms with Gasteiger partial charge in [0.1, 0.15) is 11.6 Å². The second kappa shape index (κ2) is 17.5. The number of benzene rings is 1. The van der Waals surface area contributed by atoms with Crippen LogP contribution in [0.3, 0.4) is 0 Å². The Balaban J connectivity index is 1.27. The molecule has 3 heteroatoms. The van der Waals surface area contributed by atoms with Gasteiger partial charge in [-0.25, -0.2) is 9.97 Å². The van der Waals surface area contributed by atoms with E-state index in [1.807, 2.05) is 0 Å². The fourth-order valence-electron chi connectivity index (χ4n) is 5.48. The Kier molecular flexibility index (Phi) is 14.0. The largest absolute Gasteiger partial charge is 0.493 e. The zero-order valence-electron chi connectivity index (χ0n) is 23.4. The summed E-state index contributed by atoms with van der Waals surface area (Å²) in [4.78, 5) is 9.46. The predicted molar refractivity (Wildman–Crippen MR) is 153 cm³/mol. The van der Waals surface area contributed by atoms with Crippen molar-refractivity contribution in [1.82, 2.24) is 9.97 Å². The summed E-state index contributed by atoms with van der Waals surface area (Å²) >= 11 is 0. The van der Waals surface area contributed by atoms with Gasteiger partial charge in [0.15, 0.2) is 0 Å². The number of hydrogen-bond acceptors (Lipinski definition) is 3. The topological polar surface area (TPSA) is 35.0 Å². The number of aryl methyl sites for hydroxylation is 2. The molecule has 0 N–H and O–H groups in total. The molecule has 0 aliphatic heterocycles. The number of aromatic nitrogens is 2. The summed E-state index contributed by atoms with van der Waals surface area (Å²) in [6, 6.07) is 8.86. The second-order valence-corrected chi connectivity index (χ2v) is 11.2. The molecule has 3 rings (SSSR count). The van der Waals surface area contributed by atoms with Crippen LogP contribution in [0.4, 0.5) is 0 Å². The summed E-state index contributed by atoms with van der Waals surface area (Å²) in [7, 11) is 0. The molecule has 1 fully saturated rings. The summed E-state index contributed by atoms with van der Waals surface area (Å²) in [5, 5.41) is 0. The average Bonchev–Trinajstić information content (AvgIpc) is 2.93. The Morgan fingerprint density at radius 2 is 1.17 bits per heavy atom. The van der Waals surface area contributed by atoms with Crippen molar-refractivity contribution in [2.45, 2.75) is 135 Å². The van der Waals surface area contributed by atoms with Crippen molar-refractivity contribution < 1.29 is 4.74 Å². The van der Waals surface area contributed by atoms with Crippen LogP contribution >= 0.6 is 0 Å². The highest BCUT2D eigenvalue weighted by molar-refractivity contribution is 5.27. The molecule has 3 nitrogen and oxygen atoms in total. The van der Waals surface area contributed by atoms with Crippen molar-refractivity contribution in [3.05, 3.63) is 53.6 Å². The molecule has 0 saturated heterocycles. The third kappa shape index (κ3) is 11.0. The van der Waals surface area contributed by atoms with Crippen LogP contribution in [0.25, 0.3) is 0 Å². The molecule has 1 aromatic carbocycles. The first kappa shape index (κ1) is 28.7. The maximum atomic E-state index is 6.17. The van der Waals surface area contributed by atoms with Gasteiger partial charge in [0.2, 0.25) is 0 Å². The average molecular weight is 493 g/mol. The number of hydrogen-bond donors (Lipinski definition) is 0. The van der Waals surface area contributed by atoms with Gasteiger partial charge in [-0.3, -0.25) is 0 Å². The van der Waals surface area contributed by atoms with E-state index in [4.69, 9.17) is 14.7 Å². The van der Waals surface area contributed by atoms with Gasteiger partial charge in [-0.2, -0.15) is 0 Å². The van der Waals surface area contributed by atoms with Gasteiger partial charge in [0, 0.05) is 18.3 Å². The van der Waals surface area contributed by atoms with E-state index in [0.29, 0.717) is 11.8 Å². The Hall–Kier alpha value is -1.90. The minimum atomic E-state index is 0.519. The lowest BCUT2D eigenvalue weighted by atomic mass is 9.82. The molecule has 1 aliphatic carbocycles.